The monoisotopic (exact) mass is 328 g/mol. The Labute approximate surface area is 141 Å². The van der Waals surface area contributed by atoms with Gasteiger partial charge in [-0.15, -0.1) is 0 Å². The van der Waals surface area contributed by atoms with Gasteiger partial charge in [0, 0.05) is 38.4 Å². The smallest absolute Gasteiger partial charge is 0.137 e. The van der Waals surface area contributed by atoms with Crippen LogP contribution in [0.5, 0.6) is 0 Å². The maximum absolute atomic E-state index is 13.3. The second kappa shape index (κ2) is 7.12. The van der Waals surface area contributed by atoms with Gasteiger partial charge >= 0.3 is 0 Å². The largest absolute Gasteiger partial charge is 0.385 e. The zero-order chi connectivity index (χ0) is 17.1. The highest BCUT2D eigenvalue weighted by molar-refractivity contribution is 5.37. The van der Waals surface area contributed by atoms with E-state index in [0.29, 0.717) is 17.9 Å². The highest BCUT2D eigenvalue weighted by atomic mass is 19.1. The second-order valence-corrected chi connectivity index (χ2v) is 6.39. The van der Waals surface area contributed by atoms with Crippen LogP contribution in [0, 0.1) is 23.1 Å². The van der Waals surface area contributed by atoms with Crippen molar-refractivity contribution in [2.75, 3.05) is 13.1 Å². The van der Waals surface area contributed by atoms with Crippen molar-refractivity contribution in [1.82, 2.24) is 14.5 Å². The molecule has 2 atom stereocenters. The predicted molar refractivity (Wildman–Crippen MR) is 87.3 cm³/mol. The Bertz CT molecular complexity index is 752. The first-order chi connectivity index (χ1) is 11.6. The first-order valence-corrected chi connectivity index (χ1v) is 8.14. The van der Waals surface area contributed by atoms with Gasteiger partial charge in [0.25, 0.3) is 0 Å². The molecule has 6 heteroatoms. The summed E-state index contributed by atoms with van der Waals surface area (Å²) in [5.41, 5.74) is 1.20. The molecule has 1 fully saturated rings. The summed E-state index contributed by atoms with van der Waals surface area (Å²) in [6.45, 7) is 2.23. The van der Waals surface area contributed by atoms with Crippen LogP contribution in [0.2, 0.25) is 0 Å². The van der Waals surface area contributed by atoms with Gasteiger partial charge in [-0.1, -0.05) is 6.07 Å². The molecule has 0 spiro atoms. The molecule has 1 aromatic carbocycles. The van der Waals surface area contributed by atoms with Gasteiger partial charge in [-0.25, -0.2) is 9.37 Å². The summed E-state index contributed by atoms with van der Waals surface area (Å²) < 4.78 is 15.1. The summed E-state index contributed by atoms with van der Waals surface area (Å²) in [6.07, 6.45) is 4.85. The molecule has 5 nitrogen and oxygen atoms in total. The van der Waals surface area contributed by atoms with Gasteiger partial charge in [0.1, 0.15) is 17.7 Å². The maximum atomic E-state index is 13.3. The highest BCUT2D eigenvalue weighted by Crippen LogP contribution is 2.29. The third kappa shape index (κ3) is 3.48. The minimum atomic E-state index is -0.601. The molecule has 1 aliphatic rings. The summed E-state index contributed by atoms with van der Waals surface area (Å²) in [5, 5.41) is 19.8. The summed E-state index contributed by atoms with van der Waals surface area (Å²) in [7, 11) is 1.88. The van der Waals surface area contributed by atoms with Gasteiger partial charge in [-0.05, 0) is 37.1 Å². The molecule has 0 saturated carbocycles. The molecule has 1 N–H and O–H groups in total. The zero-order valence-corrected chi connectivity index (χ0v) is 13.7. The van der Waals surface area contributed by atoms with Crippen molar-refractivity contribution in [3.8, 4) is 6.07 Å². The van der Waals surface area contributed by atoms with E-state index in [1.807, 2.05) is 17.8 Å². The van der Waals surface area contributed by atoms with Crippen molar-refractivity contribution in [2.45, 2.75) is 25.5 Å². The second-order valence-electron chi connectivity index (χ2n) is 6.39. The van der Waals surface area contributed by atoms with Crippen LogP contribution in [-0.4, -0.2) is 32.6 Å². The topological polar surface area (TPSA) is 65.1 Å². The molecule has 2 aromatic rings. The molecule has 0 bridgehead atoms. The van der Waals surface area contributed by atoms with Gasteiger partial charge in [0.15, 0.2) is 0 Å². The minimum absolute atomic E-state index is 0.103. The van der Waals surface area contributed by atoms with Crippen molar-refractivity contribution in [3.63, 3.8) is 0 Å². The van der Waals surface area contributed by atoms with Crippen molar-refractivity contribution in [1.29, 1.82) is 5.26 Å². The number of aliphatic hydroxyl groups is 1. The quantitative estimate of drug-likeness (QED) is 0.936. The molecule has 0 radical (unpaired) electrons. The Morgan fingerprint density at radius 3 is 3.04 bits per heavy atom. The number of hydrogen-bond donors (Lipinski definition) is 1. The lowest BCUT2D eigenvalue weighted by molar-refractivity contribution is 0.0404. The fourth-order valence-corrected chi connectivity index (χ4v) is 3.40. The van der Waals surface area contributed by atoms with Crippen LogP contribution in [0.4, 0.5) is 4.39 Å². The molecular weight excluding hydrogens is 307 g/mol. The molecule has 2 heterocycles. The summed E-state index contributed by atoms with van der Waals surface area (Å²) in [4.78, 5) is 6.46. The van der Waals surface area contributed by atoms with Gasteiger partial charge in [0.2, 0.25) is 0 Å². The molecule has 3 rings (SSSR count). The zero-order valence-electron chi connectivity index (χ0n) is 13.7. The van der Waals surface area contributed by atoms with E-state index >= 15 is 0 Å². The number of likely N-dealkylation sites (tertiary alicyclic amines) is 1. The number of rotatable bonds is 4. The Morgan fingerprint density at radius 1 is 1.50 bits per heavy atom. The van der Waals surface area contributed by atoms with E-state index in [1.165, 1.54) is 12.1 Å². The molecule has 0 aliphatic carbocycles. The van der Waals surface area contributed by atoms with Crippen LogP contribution < -0.4 is 0 Å². The number of nitriles is 1. The first-order valence-electron chi connectivity index (χ1n) is 8.14. The normalized spacial score (nSPS) is 19.8. The Morgan fingerprint density at radius 2 is 2.33 bits per heavy atom. The van der Waals surface area contributed by atoms with E-state index in [-0.39, 0.29) is 5.92 Å². The molecule has 1 aromatic heterocycles. The maximum Gasteiger partial charge on any atom is 0.137 e. The third-order valence-corrected chi connectivity index (χ3v) is 4.70. The van der Waals surface area contributed by atoms with Gasteiger partial charge in [-0.3, -0.25) is 4.90 Å². The van der Waals surface area contributed by atoms with E-state index in [9.17, 15) is 14.8 Å². The number of aromatic nitrogens is 2. The van der Waals surface area contributed by atoms with Crippen LogP contribution in [0.15, 0.2) is 30.6 Å². The molecule has 126 valence electrons. The lowest BCUT2D eigenvalue weighted by Gasteiger charge is -2.35. The van der Waals surface area contributed by atoms with E-state index in [1.54, 1.807) is 12.3 Å². The number of aryl methyl sites for hydroxylation is 1. The van der Waals surface area contributed by atoms with Crippen LogP contribution in [0.3, 0.4) is 0 Å². The highest BCUT2D eigenvalue weighted by Gasteiger charge is 2.29. The average molecular weight is 328 g/mol. The van der Waals surface area contributed by atoms with E-state index in [0.717, 1.165) is 31.5 Å². The predicted octanol–water partition coefficient (Wildman–Crippen LogP) is 2.38. The molecule has 0 unspecified atom stereocenters. The summed E-state index contributed by atoms with van der Waals surface area (Å²) >= 11 is 0. The number of aliphatic hydroxyl groups excluding tert-OH is 1. The van der Waals surface area contributed by atoms with Crippen LogP contribution in [-0.2, 0) is 13.6 Å². The fraction of sp³-hybridized carbons (Fsp3) is 0.444. The molecule has 24 heavy (non-hydrogen) atoms. The third-order valence-electron chi connectivity index (χ3n) is 4.70. The van der Waals surface area contributed by atoms with Crippen molar-refractivity contribution >= 4 is 0 Å². The SMILES string of the molecule is Cn1ccnc1[C@H](O)[C@@H]1CCCN(Cc2ccc(F)cc2C#N)C1. The number of imidazole rings is 1. The van der Waals surface area contributed by atoms with Crippen molar-refractivity contribution in [2.24, 2.45) is 13.0 Å². The molecule has 0 amide bonds. The van der Waals surface area contributed by atoms with E-state index < -0.39 is 11.9 Å². The van der Waals surface area contributed by atoms with Crippen molar-refractivity contribution in [3.05, 3.63) is 53.4 Å². The Hall–Kier alpha value is -2.23. The number of halogens is 1. The Kier molecular flexibility index (Phi) is 4.93. The first kappa shape index (κ1) is 16.6. The lowest BCUT2D eigenvalue weighted by Crippen LogP contribution is -2.38. The molecule has 1 saturated heterocycles. The standard InChI is InChI=1S/C18H21FN4O/c1-22-8-6-21-18(22)17(24)14-3-2-7-23(12-14)11-13-4-5-16(19)9-15(13)10-20/h4-6,8-9,14,17,24H,2-3,7,11-12H2,1H3/t14-,17-/m1/s1. The minimum Gasteiger partial charge on any atom is -0.385 e. The lowest BCUT2D eigenvalue weighted by atomic mass is 9.91. The molecule has 1 aliphatic heterocycles. The van der Waals surface area contributed by atoms with Crippen LogP contribution >= 0.6 is 0 Å². The van der Waals surface area contributed by atoms with Crippen molar-refractivity contribution < 1.29 is 9.50 Å². The Balaban J connectivity index is 1.70. The van der Waals surface area contributed by atoms with E-state index in [2.05, 4.69) is 16.0 Å². The summed E-state index contributed by atoms with van der Waals surface area (Å²) in [6, 6.07) is 6.40. The number of nitrogens with zero attached hydrogens (tertiary/aromatic N) is 4. The van der Waals surface area contributed by atoms with Gasteiger partial charge in [-0.2, -0.15) is 5.26 Å². The van der Waals surface area contributed by atoms with Gasteiger partial charge < -0.3 is 9.67 Å². The number of benzene rings is 1. The van der Waals surface area contributed by atoms with Gasteiger partial charge in [0.05, 0.1) is 11.6 Å². The average Bonchev–Trinajstić information content (AvgIpc) is 3.02. The van der Waals surface area contributed by atoms with Crippen LogP contribution in [0.1, 0.15) is 35.9 Å². The van der Waals surface area contributed by atoms with Crippen LogP contribution in [0.25, 0.3) is 0 Å². The fourth-order valence-electron chi connectivity index (χ4n) is 3.40. The number of hydrogen-bond acceptors (Lipinski definition) is 4. The van der Waals surface area contributed by atoms with E-state index in [4.69, 9.17) is 0 Å². The molecular formula is C18H21FN4O. The summed E-state index contributed by atoms with van der Waals surface area (Å²) in [5.74, 6) is 0.393. The number of piperidine rings is 1.